The number of methoxy groups -OCH3 is 1. The van der Waals surface area contributed by atoms with Crippen LogP contribution in [0.5, 0.6) is 11.5 Å². The summed E-state index contributed by atoms with van der Waals surface area (Å²) in [4.78, 5) is 5.41. The van der Waals surface area contributed by atoms with Crippen molar-refractivity contribution >= 4 is 39.0 Å². The van der Waals surface area contributed by atoms with Crippen molar-refractivity contribution in [2.75, 3.05) is 13.4 Å². The minimum Gasteiger partial charge on any atom is -0.507 e. The molecule has 0 aliphatic carbocycles. The predicted octanol–water partition coefficient (Wildman–Crippen LogP) is 5.23. The molecule has 0 fully saturated rings. The van der Waals surface area contributed by atoms with Gasteiger partial charge in [-0.15, -0.1) is 5.10 Å². The van der Waals surface area contributed by atoms with Crippen LogP contribution in [0.2, 0.25) is 0 Å². The summed E-state index contributed by atoms with van der Waals surface area (Å²) in [7, 11) is 1.59. The molecule has 0 aliphatic rings. The van der Waals surface area contributed by atoms with Gasteiger partial charge in [0, 0.05) is 18.1 Å². The number of hydrogen-bond donors (Lipinski definition) is 1. The van der Waals surface area contributed by atoms with Gasteiger partial charge in [0.25, 0.3) is 0 Å². The summed E-state index contributed by atoms with van der Waals surface area (Å²) in [6.45, 7) is 0. The van der Waals surface area contributed by atoms with Crippen LogP contribution in [0.3, 0.4) is 0 Å². The number of aromatic nitrogens is 3. The van der Waals surface area contributed by atoms with Crippen LogP contribution in [0.1, 0.15) is 11.1 Å². The van der Waals surface area contributed by atoms with Crippen molar-refractivity contribution < 1.29 is 14.3 Å². The van der Waals surface area contributed by atoms with Crippen LogP contribution in [0.4, 0.5) is 0 Å². The molecular formula is C21H17N3O3S2. The first-order valence-electron chi connectivity index (χ1n) is 8.93. The van der Waals surface area contributed by atoms with Crippen LogP contribution in [-0.4, -0.2) is 33.1 Å². The van der Waals surface area contributed by atoms with Crippen molar-refractivity contribution in [3.05, 3.63) is 59.8 Å². The van der Waals surface area contributed by atoms with E-state index >= 15 is 0 Å². The van der Waals surface area contributed by atoms with Crippen molar-refractivity contribution in [2.45, 2.75) is 10.8 Å². The zero-order valence-electron chi connectivity index (χ0n) is 15.7. The highest BCUT2D eigenvalue weighted by atomic mass is 32.2. The van der Waals surface area contributed by atoms with Gasteiger partial charge in [-0.3, -0.25) is 0 Å². The Morgan fingerprint density at radius 3 is 2.79 bits per heavy atom. The lowest BCUT2D eigenvalue weighted by atomic mass is 10.0. The number of furan rings is 1. The van der Waals surface area contributed by atoms with Crippen molar-refractivity contribution in [3.8, 4) is 23.0 Å². The van der Waals surface area contributed by atoms with Crippen LogP contribution >= 0.6 is 23.1 Å². The van der Waals surface area contributed by atoms with E-state index in [4.69, 9.17) is 9.15 Å². The highest BCUT2D eigenvalue weighted by molar-refractivity contribution is 8.00. The van der Waals surface area contributed by atoms with Gasteiger partial charge >= 0.3 is 0 Å². The van der Waals surface area contributed by atoms with E-state index in [0.29, 0.717) is 34.6 Å². The van der Waals surface area contributed by atoms with Gasteiger partial charge in [-0.25, -0.2) is 9.50 Å². The largest absolute Gasteiger partial charge is 0.507 e. The number of phenols is 1. The van der Waals surface area contributed by atoms with E-state index in [0.717, 1.165) is 20.4 Å². The molecule has 0 aliphatic heterocycles. The Bertz CT molecular complexity index is 1290. The first-order valence-corrected chi connectivity index (χ1v) is 11.0. The number of imidazole rings is 1. The van der Waals surface area contributed by atoms with Crippen LogP contribution < -0.4 is 4.74 Å². The average Bonchev–Trinajstić information content (AvgIpc) is 3.43. The molecule has 0 saturated carbocycles. The second-order valence-electron chi connectivity index (χ2n) is 6.52. The fraction of sp³-hybridized carbons (Fsp3) is 0.143. The molecule has 0 amide bonds. The van der Waals surface area contributed by atoms with Gasteiger partial charge in [-0.2, -0.15) is 0 Å². The molecule has 0 radical (unpaired) electrons. The number of phenolic OH excluding ortho intramolecular Hbond substituents is 1. The summed E-state index contributed by atoms with van der Waals surface area (Å²) in [5.74, 6) is 1.34. The van der Waals surface area contributed by atoms with Crippen molar-refractivity contribution in [2.24, 2.45) is 0 Å². The summed E-state index contributed by atoms with van der Waals surface area (Å²) in [6.07, 6.45) is 4.39. The molecule has 6 nitrogen and oxygen atoms in total. The van der Waals surface area contributed by atoms with E-state index in [1.165, 1.54) is 11.3 Å². The average molecular weight is 424 g/mol. The summed E-state index contributed by atoms with van der Waals surface area (Å²) < 4.78 is 14.2. The Kier molecular flexibility index (Phi) is 4.44. The molecule has 0 unspecified atom stereocenters. The standard InChI is InChI=1S/C21H17N3O3S2/c1-26-16-10-17-14(19(25)13(16)8-12-6-4-3-5-7-12)9-18(27-17)15-11-24-20(22-15)29-21(23-24)28-2/h3-7,9-11,25H,8H2,1-2H3. The number of aromatic hydroxyl groups is 1. The van der Waals surface area contributed by atoms with Crippen molar-refractivity contribution in [1.82, 2.24) is 14.6 Å². The predicted molar refractivity (Wildman–Crippen MR) is 115 cm³/mol. The minimum atomic E-state index is 0.169. The van der Waals surface area contributed by atoms with Gasteiger partial charge in [-0.05, 0) is 17.9 Å². The fourth-order valence-electron chi connectivity index (χ4n) is 3.35. The maximum Gasteiger partial charge on any atom is 0.213 e. The van der Waals surface area contributed by atoms with Gasteiger partial charge in [0.15, 0.2) is 10.1 Å². The summed E-state index contributed by atoms with van der Waals surface area (Å²) in [5.41, 5.74) is 3.06. The molecule has 1 N–H and O–H groups in total. The minimum absolute atomic E-state index is 0.169. The SMILES string of the molecule is COc1cc2oc(-c3cn4nc(SC)sc4n3)cc2c(O)c1Cc1ccccc1. The highest BCUT2D eigenvalue weighted by Gasteiger charge is 2.20. The fourth-order valence-corrected chi connectivity index (χ4v) is 4.69. The van der Waals surface area contributed by atoms with Crippen LogP contribution in [0.15, 0.2) is 57.4 Å². The molecule has 0 spiro atoms. The topological polar surface area (TPSA) is 72.8 Å². The van der Waals surface area contributed by atoms with E-state index in [2.05, 4.69) is 10.1 Å². The molecular weight excluding hydrogens is 406 g/mol. The Balaban J connectivity index is 1.60. The Morgan fingerprint density at radius 1 is 1.24 bits per heavy atom. The zero-order chi connectivity index (χ0) is 20.0. The van der Waals surface area contributed by atoms with E-state index in [9.17, 15) is 5.11 Å². The quantitative estimate of drug-likeness (QED) is 0.390. The lowest BCUT2D eigenvalue weighted by molar-refractivity contribution is 0.402. The second-order valence-corrected chi connectivity index (χ2v) is 8.53. The molecule has 3 aromatic heterocycles. The number of fused-ring (bicyclic) bond motifs is 2. The smallest absolute Gasteiger partial charge is 0.213 e. The molecule has 5 rings (SSSR count). The lowest BCUT2D eigenvalue weighted by Gasteiger charge is -2.11. The molecule has 5 aromatic rings. The van der Waals surface area contributed by atoms with E-state index in [-0.39, 0.29) is 5.75 Å². The first-order chi connectivity index (χ1) is 14.2. The van der Waals surface area contributed by atoms with Crippen LogP contribution in [0, 0.1) is 0 Å². The number of rotatable bonds is 5. The molecule has 0 atom stereocenters. The van der Waals surface area contributed by atoms with Crippen LogP contribution in [-0.2, 0) is 6.42 Å². The van der Waals surface area contributed by atoms with Crippen LogP contribution in [0.25, 0.3) is 27.4 Å². The number of ether oxygens (including phenoxy) is 1. The molecule has 0 bridgehead atoms. The number of thioether (sulfide) groups is 1. The molecule has 8 heteroatoms. The Hall–Kier alpha value is -2.97. The second kappa shape index (κ2) is 7.13. The lowest BCUT2D eigenvalue weighted by Crippen LogP contribution is -1.95. The van der Waals surface area contributed by atoms with E-state index in [1.54, 1.807) is 23.4 Å². The van der Waals surface area contributed by atoms with E-state index in [1.807, 2.05) is 54.9 Å². The molecule has 3 heterocycles. The van der Waals surface area contributed by atoms with Gasteiger partial charge in [0.2, 0.25) is 4.96 Å². The maximum absolute atomic E-state index is 11.0. The van der Waals surface area contributed by atoms with Gasteiger partial charge in [0.1, 0.15) is 22.8 Å². The van der Waals surface area contributed by atoms with Crippen molar-refractivity contribution in [3.63, 3.8) is 0 Å². The zero-order valence-corrected chi connectivity index (χ0v) is 17.4. The number of nitrogens with zero attached hydrogens (tertiary/aromatic N) is 3. The first kappa shape index (κ1) is 18.1. The van der Waals surface area contributed by atoms with Gasteiger partial charge in [0.05, 0.1) is 18.7 Å². The summed E-state index contributed by atoms with van der Waals surface area (Å²) >= 11 is 3.11. The third-order valence-electron chi connectivity index (χ3n) is 4.76. The van der Waals surface area contributed by atoms with Gasteiger partial charge < -0.3 is 14.3 Å². The van der Waals surface area contributed by atoms with Gasteiger partial charge in [-0.1, -0.05) is 53.4 Å². The Labute approximate surface area is 174 Å². The molecule has 146 valence electrons. The molecule has 0 saturated heterocycles. The Morgan fingerprint density at radius 2 is 2.07 bits per heavy atom. The number of benzene rings is 2. The maximum atomic E-state index is 11.0. The highest BCUT2D eigenvalue weighted by Crippen LogP contribution is 2.41. The normalized spacial score (nSPS) is 11.5. The molecule has 29 heavy (non-hydrogen) atoms. The summed E-state index contributed by atoms with van der Waals surface area (Å²) in [5, 5.41) is 16.1. The third kappa shape index (κ3) is 3.14. The molecule has 2 aromatic carbocycles. The monoisotopic (exact) mass is 423 g/mol. The van der Waals surface area contributed by atoms with E-state index < -0.39 is 0 Å². The summed E-state index contributed by atoms with van der Waals surface area (Å²) in [6, 6.07) is 13.6. The number of hydrogen-bond acceptors (Lipinski definition) is 7. The van der Waals surface area contributed by atoms with Crippen molar-refractivity contribution in [1.29, 1.82) is 0 Å². The third-order valence-corrected chi connectivity index (χ3v) is 6.65.